The predicted molar refractivity (Wildman–Crippen MR) is 42.9 cm³/mol. The van der Waals surface area contributed by atoms with Gasteiger partial charge in [0.25, 0.3) is 0 Å². The van der Waals surface area contributed by atoms with Crippen LogP contribution in [0.1, 0.15) is 6.92 Å². The van der Waals surface area contributed by atoms with E-state index in [2.05, 4.69) is 11.3 Å². The maximum Gasteiger partial charge on any atom is 0.506 e. The number of aliphatic hydroxyl groups excluding tert-OH is 2. The third-order valence-corrected chi connectivity index (χ3v) is 0.589. The first kappa shape index (κ1) is 13.5. The first-order chi connectivity index (χ1) is 5.54. The largest absolute Gasteiger partial charge is 0.506 e. The van der Waals surface area contributed by atoms with E-state index in [1.165, 1.54) is 13.0 Å². The molecule has 0 aromatic heterocycles. The smallest absolute Gasteiger partial charge is 0.450 e. The summed E-state index contributed by atoms with van der Waals surface area (Å²) in [5.74, 6) is 0. The minimum absolute atomic E-state index is 0.0648. The Bertz CT molecular complexity index is 121. The summed E-state index contributed by atoms with van der Waals surface area (Å²) in [6, 6.07) is 0. The molecular formula is C7H14O5. The Balaban J connectivity index is 0. The third kappa shape index (κ3) is 23.1. The molecule has 72 valence electrons. The molecular weight excluding hydrogens is 164 g/mol. The van der Waals surface area contributed by atoms with E-state index in [0.717, 1.165) is 0 Å². The average Bonchev–Trinajstić information content (AvgIpc) is 2.02. The van der Waals surface area contributed by atoms with Crippen molar-refractivity contribution in [2.45, 2.75) is 13.0 Å². The van der Waals surface area contributed by atoms with E-state index in [-0.39, 0.29) is 13.2 Å². The van der Waals surface area contributed by atoms with Crippen LogP contribution in [0, 0.1) is 0 Å². The first-order valence-corrected chi connectivity index (χ1v) is 3.30. The molecule has 0 fully saturated rings. The van der Waals surface area contributed by atoms with Crippen LogP contribution in [0.4, 0.5) is 4.79 Å². The van der Waals surface area contributed by atoms with E-state index in [1.807, 2.05) is 0 Å². The summed E-state index contributed by atoms with van der Waals surface area (Å²) in [4.78, 5) is 9.49. The lowest BCUT2D eigenvalue weighted by Crippen LogP contribution is -2.03. The second kappa shape index (κ2) is 9.93. The summed E-state index contributed by atoms with van der Waals surface area (Å²) in [5.41, 5.74) is 0. The molecule has 12 heavy (non-hydrogen) atoms. The highest BCUT2D eigenvalue weighted by atomic mass is 16.7. The van der Waals surface area contributed by atoms with Gasteiger partial charge in [-0.05, 0) is 6.92 Å². The van der Waals surface area contributed by atoms with Crippen LogP contribution < -0.4 is 0 Å². The van der Waals surface area contributed by atoms with Crippen LogP contribution in [0.15, 0.2) is 12.7 Å². The Hall–Kier alpha value is -1.07. The summed E-state index contributed by atoms with van der Waals surface area (Å²) in [5, 5.41) is 23.8. The molecule has 5 heteroatoms. The summed E-state index contributed by atoms with van der Waals surface area (Å²) in [6.07, 6.45) is -0.455. The van der Waals surface area contributed by atoms with Crippen LogP contribution in [0.3, 0.4) is 0 Å². The van der Waals surface area contributed by atoms with Gasteiger partial charge in [0, 0.05) is 0 Å². The second-order valence-corrected chi connectivity index (χ2v) is 1.90. The van der Waals surface area contributed by atoms with Gasteiger partial charge in [0.1, 0.15) is 6.61 Å². The van der Waals surface area contributed by atoms with Crippen molar-refractivity contribution in [3.8, 4) is 0 Å². The molecule has 0 heterocycles. The van der Waals surface area contributed by atoms with Crippen LogP contribution in [0.25, 0.3) is 0 Å². The van der Waals surface area contributed by atoms with E-state index < -0.39 is 12.3 Å². The zero-order valence-electron chi connectivity index (χ0n) is 6.93. The Kier molecular flexibility index (Phi) is 11.2. The van der Waals surface area contributed by atoms with Crippen LogP contribution in [0.5, 0.6) is 0 Å². The molecule has 0 radical (unpaired) electrons. The number of hydrogen-bond donors (Lipinski definition) is 3. The first-order valence-electron chi connectivity index (χ1n) is 3.30. The van der Waals surface area contributed by atoms with E-state index in [9.17, 15) is 4.79 Å². The minimum atomic E-state index is -1.26. The molecule has 0 aliphatic carbocycles. The van der Waals surface area contributed by atoms with Gasteiger partial charge in [0.2, 0.25) is 0 Å². The molecule has 3 N–H and O–H groups in total. The van der Waals surface area contributed by atoms with E-state index in [1.54, 1.807) is 0 Å². The Morgan fingerprint density at radius 3 is 2.25 bits per heavy atom. The number of hydrogen-bond acceptors (Lipinski definition) is 4. The lowest BCUT2D eigenvalue weighted by molar-refractivity contribution is 0.102. The van der Waals surface area contributed by atoms with Crippen molar-refractivity contribution in [1.29, 1.82) is 0 Å². The maximum atomic E-state index is 9.49. The highest BCUT2D eigenvalue weighted by Crippen LogP contribution is 1.73. The van der Waals surface area contributed by atoms with Gasteiger partial charge in [0.05, 0.1) is 12.7 Å². The van der Waals surface area contributed by atoms with Gasteiger partial charge in [0.15, 0.2) is 0 Å². The summed E-state index contributed by atoms with van der Waals surface area (Å²) in [6.45, 7) is 4.70. The monoisotopic (exact) mass is 178 g/mol. The zero-order chi connectivity index (χ0) is 9.98. The van der Waals surface area contributed by atoms with Gasteiger partial charge in [-0.15, -0.1) is 0 Å². The number of ether oxygens (including phenoxy) is 1. The van der Waals surface area contributed by atoms with Crippen molar-refractivity contribution in [2.24, 2.45) is 0 Å². The molecule has 0 aliphatic heterocycles. The molecule has 0 rings (SSSR count). The highest BCUT2D eigenvalue weighted by Gasteiger charge is 1.87. The van der Waals surface area contributed by atoms with Crippen molar-refractivity contribution < 1.29 is 24.9 Å². The molecule has 1 unspecified atom stereocenters. The SMILES string of the molecule is C=CCOC(=O)O.CC(O)CO. The predicted octanol–water partition coefficient (Wildman–Crippen LogP) is 0.227. The Morgan fingerprint density at radius 2 is 2.17 bits per heavy atom. The number of aliphatic hydroxyl groups is 2. The minimum Gasteiger partial charge on any atom is -0.450 e. The van der Waals surface area contributed by atoms with Crippen LogP contribution in [0.2, 0.25) is 0 Å². The van der Waals surface area contributed by atoms with E-state index >= 15 is 0 Å². The second-order valence-electron chi connectivity index (χ2n) is 1.90. The molecule has 0 spiro atoms. The molecule has 1 atom stereocenters. The van der Waals surface area contributed by atoms with Crippen LogP contribution in [-0.4, -0.2) is 40.8 Å². The molecule has 0 bridgehead atoms. The van der Waals surface area contributed by atoms with E-state index in [0.29, 0.717) is 0 Å². The topological polar surface area (TPSA) is 87.0 Å². The van der Waals surface area contributed by atoms with Gasteiger partial charge >= 0.3 is 6.16 Å². The van der Waals surface area contributed by atoms with E-state index in [4.69, 9.17) is 15.3 Å². The number of rotatable bonds is 3. The number of carboxylic acid groups (broad SMARTS) is 1. The van der Waals surface area contributed by atoms with Crippen molar-refractivity contribution in [3.63, 3.8) is 0 Å². The Labute approximate surface area is 70.9 Å². The standard InChI is InChI=1S/C4H6O3.C3H8O2/c1-2-3-7-4(5)6;1-3(5)2-4/h2H,1,3H2,(H,5,6);3-5H,2H2,1H3. The fourth-order valence-corrected chi connectivity index (χ4v) is 0.130. The summed E-state index contributed by atoms with van der Waals surface area (Å²) >= 11 is 0. The fourth-order valence-electron chi connectivity index (χ4n) is 0.130. The summed E-state index contributed by atoms with van der Waals surface area (Å²) in [7, 11) is 0. The van der Waals surface area contributed by atoms with Crippen molar-refractivity contribution in [2.75, 3.05) is 13.2 Å². The normalized spacial score (nSPS) is 10.6. The molecule has 0 aromatic carbocycles. The lowest BCUT2D eigenvalue weighted by atomic mass is 10.5. The van der Waals surface area contributed by atoms with Crippen molar-refractivity contribution in [3.05, 3.63) is 12.7 Å². The highest BCUT2D eigenvalue weighted by molar-refractivity contribution is 5.56. The van der Waals surface area contributed by atoms with Gasteiger partial charge in [-0.2, -0.15) is 0 Å². The maximum absolute atomic E-state index is 9.49. The fraction of sp³-hybridized carbons (Fsp3) is 0.571. The molecule has 0 saturated carbocycles. The summed E-state index contributed by atoms with van der Waals surface area (Å²) < 4.78 is 3.99. The van der Waals surface area contributed by atoms with Gasteiger partial charge in [-0.25, -0.2) is 4.79 Å². The third-order valence-electron chi connectivity index (χ3n) is 0.589. The van der Waals surface area contributed by atoms with Crippen LogP contribution >= 0.6 is 0 Å². The molecule has 0 amide bonds. The van der Waals surface area contributed by atoms with Crippen molar-refractivity contribution in [1.82, 2.24) is 0 Å². The quantitative estimate of drug-likeness (QED) is 0.425. The Morgan fingerprint density at radius 1 is 1.75 bits per heavy atom. The van der Waals surface area contributed by atoms with Gasteiger partial charge in [-0.1, -0.05) is 12.7 Å². The number of carbonyl (C=O) groups is 1. The van der Waals surface area contributed by atoms with Gasteiger partial charge < -0.3 is 20.1 Å². The lowest BCUT2D eigenvalue weighted by Gasteiger charge is -1.90. The molecule has 0 aliphatic rings. The molecule has 0 aromatic rings. The average molecular weight is 178 g/mol. The van der Waals surface area contributed by atoms with Crippen molar-refractivity contribution >= 4 is 6.16 Å². The van der Waals surface area contributed by atoms with Gasteiger partial charge in [-0.3, -0.25) is 0 Å². The van der Waals surface area contributed by atoms with Crippen LogP contribution in [-0.2, 0) is 4.74 Å². The molecule has 5 nitrogen and oxygen atoms in total. The zero-order valence-corrected chi connectivity index (χ0v) is 6.93. The molecule has 0 saturated heterocycles.